The standard InChI is InChI=1S/C17H21NO4/c1-12-2-4-13(5-3-12)17(6-7-17)16(21)18-8-9-22-11-14(18)10-15(19)20/h2-5,14H,6-11H2,1H3,(H,19,20). The van der Waals surface area contributed by atoms with Crippen LogP contribution in [-0.4, -0.2) is 47.7 Å². The number of nitrogens with zero attached hydrogens (tertiary/aromatic N) is 1. The summed E-state index contributed by atoms with van der Waals surface area (Å²) >= 11 is 0. The molecule has 1 aromatic rings. The molecule has 1 unspecified atom stereocenters. The highest BCUT2D eigenvalue weighted by atomic mass is 16.5. The molecule has 5 heteroatoms. The van der Waals surface area contributed by atoms with Gasteiger partial charge in [-0.3, -0.25) is 9.59 Å². The highest BCUT2D eigenvalue weighted by molar-refractivity contribution is 5.92. The molecule has 22 heavy (non-hydrogen) atoms. The van der Waals surface area contributed by atoms with Gasteiger partial charge in [-0.2, -0.15) is 0 Å². The summed E-state index contributed by atoms with van der Waals surface area (Å²) in [6.07, 6.45) is 1.62. The molecule has 1 atom stereocenters. The Balaban J connectivity index is 1.82. The molecule has 5 nitrogen and oxygen atoms in total. The maximum Gasteiger partial charge on any atom is 0.305 e. The Kier molecular flexibility index (Phi) is 3.91. The van der Waals surface area contributed by atoms with Crippen LogP contribution < -0.4 is 0 Å². The van der Waals surface area contributed by atoms with Crippen molar-refractivity contribution in [3.05, 3.63) is 35.4 Å². The monoisotopic (exact) mass is 303 g/mol. The van der Waals surface area contributed by atoms with Crippen LogP contribution in [0.1, 0.15) is 30.4 Å². The molecule has 1 aliphatic heterocycles. The average molecular weight is 303 g/mol. The van der Waals surface area contributed by atoms with Crippen LogP contribution in [-0.2, 0) is 19.7 Å². The second-order valence-electron chi connectivity index (χ2n) is 6.27. The van der Waals surface area contributed by atoms with Crippen molar-refractivity contribution in [3.8, 4) is 0 Å². The lowest BCUT2D eigenvalue weighted by atomic mass is 9.92. The molecule has 0 bridgehead atoms. The number of carbonyl (C=O) groups excluding carboxylic acids is 1. The van der Waals surface area contributed by atoms with Crippen molar-refractivity contribution >= 4 is 11.9 Å². The van der Waals surface area contributed by atoms with Crippen LogP contribution >= 0.6 is 0 Å². The first-order valence-corrected chi connectivity index (χ1v) is 7.71. The summed E-state index contributed by atoms with van der Waals surface area (Å²) in [6.45, 7) is 3.29. The number of carboxylic acids is 1. The predicted molar refractivity (Wildman–Crippen MR) is 80.7 cm³/mol. The molecule has 118 valence electrons. The quantitative estimate of drug-likeness (QED) is 0.920. The molecule has 0 spiro atoms. The molecule has 0 radical (unpaired) electrons. The molecular weight excluding hydrogens is 282 g/mol. The first-order valence-electron chi connectivity index (χ1n) is 7.71. The van der Waals surface area contributed by atoms with Gasteiger partial charge in [0.2, 0.25) is 5.91 Å². The van der Waals surface area contributed by atoms with Gasteiger partial charge < -0.3 is 14.7 Å². The summed E-state index contributed by atoms with van der Waals surface area (Å²) < 4.78 is 5.36. The largest absolute Gasteiger partial charge is 0.481 e. The molecule has 1 amide bonds. The number of hydrogen-bond donors (Lipinski definition) is 1. The summed E-state index contributed by atoms with van der Waals surface area (Å²) in [5, 5.41) is 9.04. The molecule has 3 rings (SSSR count). The molecule has 1 aromatic carbocycles. The van der Waals surface area contributed by atoms with Crippen LogP contribution in [0, 0.1) is 6.92 Å². The molecule has 1 aliphatic carbocycles. The van der Waals surface area contributed by atoms with E-state index >= 15 is 0 Å². The highest BCUT2D eigenvalue weighted by Crippen LogP contribution is 2.50. The van der Waals surface area contributed by atoms with Gasteiger partial charge in [-0.25, -0.2) is 0 Å². The number of carbonyl (C=O) groups is 2. The topological polar surface area (TPSA) is 66.8 Å². The zero-order chi connectivity index (χ0) is 15.7. The van der Waals surface area contributed by atoms with Gasteiger partial charge in [-0.1, -0.05) is 29.8 Å². The Morgan fingerprint density at radius 2 is 2.00 bits per heavy atom. The highest BCUT2D eigenvalue weighted by Gasteiger charge is 2.54. The summed E-state index contributed by atoms with van der Waals surface area (Å²) in [7, 11) is 0. The Hall–Kier alpha value is -1.88. The van der Waals surface area contributed by atoms with E-state index in [4.69, 9.17) is 9.84 Å². The molecule has 2 fully saturated rings. The van der Waals surface area contributed by atoms with Crippen LogP contribution in [0.25, 0.3) is 0 Å². The number of rotatable bonds is 4. The molecular formula is C17H21NO4. The van der Waals surface area contributed by atoms with Crippen LogP contribution in [0.3, 0.4) is 0 Å². The molecule has 1 N–H and O–H groups in total. The molecule has 1 saturated carbocycles. The first-order chi connectivity index (χ1) is 10.5. The zero-order valence-electron chi connectivity index (χ0n) is 12.7. The average Bonchev–Trinajstić information content (AvgIpc) is 3.29. The van der Waals surface area contributed by atoms with Crippen molar-refractivity contribution in [1.82, 2.24) is 4.90 Å². The Morgan fingerprint density at radius 1 is 1.32 bits per heavy atom. The van der Waals surface area contributed by atoms with Crippen LogP contribution in [0.5, 0.6) is 0 Å². The van der Waals surface area contributed by atoms with Crippen molar-refractivity contribution in [2.24, 2.45) is 0 Å². The van der Waals surface area contributed by atoms with E-state index in [1.807, 2.05) is 31.2 Å². The maximum absolute atomic E-state index is 13.0. The predicted octanol–water partition coefficient (Wildman–Crippen LogP) is 1.73. The second kappa shape index (κ2) is 5.72. The van der Waals surface area contributed by atoms with Gasteiger partial charge in [0.25, 0.3) is 0 Å². The van der Waals surface area contributed by atoms with E-state index in [1.54, 1.807) is 4.90 Å². The van der Waals surface area contributed by atoms with Gasteiger partial charge in [-0.05, 0) is 25.3 Å². The third kappa shape index (κ3) is 2.73. The minimum atomic E-state index is -0.895. The maximum atomic E-state index is 13.0. The minimum absolute atomic E-state index is 0.0598. The first kappa shape index (κ1) is 15.0. The van der Waals surface area contributed by atoms with E-state index in [2.05, 4.69) is 0 Å². The van der Waals surface area contributed by atoms with Gasteiger partial charge >= 0.3 is 5.97 Å². The van der Waals surface area contributed by atoms with E-state index in [0.717, 1.165) is 18.4 Å². The van der Waals surface area contributed by atoms with E-state index < -0.39 is 11.4 Å². The van der Waals surface area contributed by atoms with Gasteiger partial charge in [0.1, 0.15) is 0 Å². The normalized spacial score (nSPS) is 23.1. The number of ether oxygens (including phenoxy) is 1. The zero-order valence-corrected chi connectivity index (χ0v) is 12.7. The number of benzene rings is 1. The van der Waals surface area contributed by atoms with Crippen LogP contribution in [0.2, 0.25) is 0 Å². The number of morpholine rings is 1. The second-order valence-corrected chi connectivity index (χ2v) is 6.27. The lowest BCUT2D eigenvalue weighted by Gasteiger charge is -2.37. The van der Waals surface area contributed by atoms with Crippen molar-refractivity contribution in [3.63, 3.8) is 0 Å². The number of carboxylic acid groups (broad SMARTS) is 1. The van der Waals surface area contributed by atoms with Gasteiger partial charge in [-0.15, -0.1) is 0 Å². The van der Waals surface area contributed by atoms with E-state index in [9.17, 15) is 9.59 Å². The Bertz CT molecular complexity index is 577. The van der Waals surface area contributed by atoms with Crippen molar-refractivity contribution in [2.45, 2.75) is 37.6 Å². The van der Waals surface area contributed by atoms with Crippen molar-refractivity contribution < 1.29 is 19.4 Å². The lowest BCUT2D eigenvalue weighted by molar-refractivity contribution is -0.148. The van der Waals surface area contributed by atoms with E-state index in [-0.39, 0.29) is 18.4 Å². The fraction of sp³-hybridized carbons (Fsp3) is 0.529. The van der Waals surface area contributed by atoms with Crippen LogP contribution in [0.15, 0.2) is 24.3 Å². The smallest absolute Gasteiger partial charge is 0.305 e. The Labute approximate surface area is 129 Å². The molecule has 1 heterocycles. The summed E-state index contributed by atoms with van der Waals surface area (Å²) in [5.41, 5.74) is 1.77. The van der Waals surface area contributed by atoms with E-state index in [0.29, 0.717) is 19.8 Å². The van der Waals surface area contributed by atoms with Crippen LogP contribution in [0.4, 0.5) is 0 Å². The minimum Gasteiger partial charge on any atom is -0.481 e. The summed E-state index contributed by atoms with van der Waals surface area (Å²) in [5.74, 6) is -0.834. The van der Waals surface area contributed by atoms with Crippen molar-refractivity contribution in [2.75, 3.05) is 19.8 Å². The molecule has 0 aromatic heterocycles. The van der Waals surface area contributed by atoms with E-state index in [1.165, 1.54) is 5.56 Å². The Morgan fingerprint density at radius 3 is 2.59 bits per heavy atom. The number of hydrogen-bond acceptors (Lipinski definition) is 3. The summed E-state index contributed by atoms with van der Waals surface area (Å²) in [6, 6.07) is 7.73. The summed E-state index contributed by atoms with van der Waals surface area (Å²) in [4.78, 5) is 25.8. The number of aliphatic carboxylic acids is 1. The van der Waals surface area contributed by atoms with Gasteiger partial charge in [0.05, 0.1) is 31.1 Å². The molecule has 2 aliphatic rings. The SMILES string of the molecule is Cc1ccc(C2(C(=O)N3CCOCC3CC(=O)O)CC2)cc1. The van der Waals surface area contributed by atoms with Gasteiger partial charge in [0, 0.05) is 6.54 Å². The third-order valence-corrected chi connectivity index (χ3v) is 4.66. The van der Waals surface area contributed by atoms with Crippen molar-refractivity contribution in [1.29, 1.82) is 0 Å². The van der Waals surface area contributed by atoms with Gasteiger partial charge in [0.15, 0.2) is 0 Å². The fourth-order valence-corrected chi connectivity index (χ4v) is 3.19. The molecule has 1 saturated heterocycles. The number of aryl methyl sites for hydroxylation is 1. The third-order valence-electron chi connectivity index (χ3n) is 4.66. The number of amides is 1. The lowest BCUT2D eigenvalue weighted by Crippen LogP contribution is -2.52. The fourth-order valence-electron chi connectivity index (χ4n) is 3.19.